The van der Waals surface area contributed by atoms with Gasteiger partial charge in [0.15, 0.2) is 0 Å². The zero-order valence-electron chi connectivity index (χ0n) is 34.4. The summed E-state index contributed by atoms with van der Waals surface area (Å²) < 4.78 is 0. The summed E-state index contributed by atoms with van der Waals surface area (Å²) in [5.41, 5.74) is 1.37. The molecule has 2 aromatic rings. The van der Waals surface area contributed by atoms with Crippen LogP contribution in [0.4, 0.5) is 0 Å². The standard InChI is InChI=1S/2C14H20N2O.2C2H3N.4C2H4O2.3Ni/c2*17-14-7-3-2-6-13(14)12-15-8-11-16-9-4-1-5-10-16;2*1-2-3;4*1-2(3)4;;;/h2*2-3,6-7,12,17H,1,4-5,8-11H2;2*1H3;4*1H3,(H,3,4);;;/q;;;;;;;;+2;2*+3/p-6. The van der Waals surface area contributed by atoms with Gasteiger partial charge in [-0.15, -0.1) is 11.5 Å². The SMILES string of the molecule is CC#N.CC#N.CC(=O)[O-].CC(=O)[O-].CC(=O)[O-].CC(=O)[O-].[Ni+2].[Ni+3].[Ni+3].[O-]c1ccccc1C=NCCN1CCCCC1.[O-]c1ccccc1C=NCCN1CCCCC1. The van der Waals surface area contributed by atoms with Gasteiger partial charge in [0.1, 0.15) is 0 Å². The second-order valence-electron chi connectivity index (χ2n) is 11.4. The average molecular weight is 957 g/mol. The molecule has 2 radical (unpaired) electrons. The monoisotopic (exact) mass is 954 g/mol. The normalized spacial score (nSPS) is 12.1. The number of hydrogen-bond acceptors (Lipinski definition) is 16. The molecule has 59 heavy (non-hydrogen) atoms. The Balaban J connectivity index is -0.000000119. The second kappa shape index (κ2) is 51.7. The number of carboxylic acids is 4. The molecule has 0 amide bonds. The van der Waals surface area contributed by atoms with Crippen molar-refractivity contribution in [3.05, 3.63) is 59.7 Å². The van der Waals surface area contributed by atoms with Crippen LogP contribution in [-0.2, 0) is 68.7 Å². The largest absolute Gasteiger partial charge is 3.00 e. The van der Waals surface area contributed by atoms with Crippen molar-refractivity contribution in [1.82, 2.24) is 9.80 Å². The Hall–Kier alpha value is -4.36. The first-order valence-corrected chi connectivity index (χ1v) is 17.8. The molecule has 4 rings (SSSR count). The van der Waals surface area contributed by atoms with Crippen molar-refractivity contribution in [3.8, 4) is 23.6 Å². The van der Waals surface area contributed by atoms with Gasteiger partial charge in [0, 0.05) is 63.2 Å². The van der Waals surface area contributed by atoms with E-state index >= 15 is 0 Å². The smallest absolute Gasteiger partial charge is 0.872 e. The van der Waals surface area contributed by atoms with Crippen LogP contribution in [0.1, 0.15) is 91.2 Å². The summed E-state index contributed by atoms with van der Waals surface area (Å²) in [6.45, 7) is 15.2. The molecular formula is C40H56N6Ni3O10+2. The zero-order chi connectivity index (χ0) is 43.6. The van der Waals surface area contributed by atoms with Crippen molar-refractivity contribution in [2.75, 3.05) is 52.4 Å². The van der Waals surface area contributed by atoms with Crippen LogP contribution in [0.2, 0.25) is 0 Å². The van der Waals surface area contributed by atoms with Crippen LogP contribution in [0, 0.1) is 22.7 Å². The van der Waals surface area contributed by atoms with E-state index in [-0.39, 0.29) is 61.0 Å². The van der Waals surface area contributed by atoms with E-state index in [0.717, 1.165) is 53.9 Å². The van der Waals surface area contributed by atoms with Crippen molar-refractivity contribution in [2.24, 2.45) is 9.98 Å². The van der Waals surface area contributed by atoms with Gasteiger partial charge in [0.05, 0.1) is 25.2 Å². The van der Waals surface area contributed by atoms with Crippen LogP contribution in [0.5, 0.6) is 11.5 Å². The quantitative estimate of drug-likeness (QED) is 0.236. The molecule has 0 bridgehead atoms. The molecule has 19 heteroatoms. The Morgan fingerprint density at radius 3 is 1.02 bits per heavy atom. The number of carbonyl (C=O) groups is 4. The summed E-state index contributed by atoms with van der Waals surface area (Å²) in [5, 5.41) is 73.0. The van der Waals surface area contributed by atoms with Crippen LogP contribution in [0.25, 0.3) is 0 Å². The molecule has 334 valence electrons. The maximum atomic E-state index is 11.4. The molecule has 2 fully saturated rings. The number of benzene rings is 2. The molecule has 2 aromatic carbocycles. The number of piperidine rings is 2. The number of nitrogens with zero attached hydrogens (tertiary/aromatic N) is 6. The minimum atomic E-state index is -1.08. The van der Waals surface area contributed by atoms with Gasteiger partial charge < -0.3 is 59.6 Å². The topological polar surface area (TPSA) is 285 Å². The van der Waals surface area contributed by atoms with E-state index in [1.165, 1.54) is 78.6 Å². The summed E-state index contributed by atoms with van der Waals surface area (Å²) >= 11 is 0. The van der Waals surface area contributed by atoms with Crippen LogP contribution in [-0.4, -0.2) is 98.5 Å². The minimum Gasteiger partial charge on any atom is -0.872 e. The number of rotatable bonds is 8. The third-order valence-electron chi connectivity index (χ3n) is 6.29. The van der Waals surface area contributed by atoms with Crippen LogP contribution in [0.15, 0.2) is 58.5 Å². The van der Waals surface area contributed by atoms with Gasteiger partial charge in [0.2, 0.25) is 0 Å². The van der Waals surface area contributed by atoms with Crippen molar-refractivity contribution in [3.63, 3.8) is 0 Å². The number of carboxylic acid groups (broad SMARTS) is 4. The first kappa shape index (κ1) is 69.3. The van der Waals surface area contributed by atoms with Crippen molar-refractivity contribution in [1.29, 1.82) is 10.5 Å². The minimum absolute atomic E-state index is 0. The molecule has 0 spiro atoms. The maximum Gasteiger partial charge on any atom is 3.00 e. The molecule has 0 saturated carbocycles. The van der Waals surface area contributed by atoms with E-state index in [1.54, 1.807) is 48.8 Å². The molecule has 2 aliphatic heterocycles. The number of hydrogen-bond donors (Lipinski definition) is 0. The predicted octanol–water partition coefficient (Wildman–Crippen LogP) is -0.593. The number of aliphatic imine (C=N–C) groups is 2. The maximum absolute atomic E-state index is 11.4. The van der Waals surface area contributed by atoms with Gasteiger partial charge in [-0.1, -0.05) is 61.4 Å². The fourth-order valence-corrected chi connectivity index (χ4v) is 4.26. The first-order valence-electron chi connectivity index (χ1n) is 17.8. The molecule has 0 unspecified atom stereocenters. The summed E-state index contributed by atoms with van der Waals surface area (Å²) in [6, 6.07) is 17.5. The van der Waals surface area contributed by atoms with E-state index in [2.05, 4.69) is 19.8 Å². The molecule has 0 N–H and O–H groups in total. The molecule has 2 saturated heterocycles. The molecule has 2 aliphatic rings. The van der Waals surface area contributed by atoms with Gasteiger partial charge >= 0.3 is 49.5 Å². The van der Waals surface area contributed by atoms with E-state index in [9.17, 15) is 10.2 Å². The van der Waals surface area contributed by atoms with Crippen LogP contribution >= 0.6 is 0 Å². The first-order chi connectivity index (χ1) is 26.5. The molecule has 2 heterocycles. The number of nitriles is 2. The van der Waals surface area contributed by atoms with Gasteiger partial charge in [0.25, 0.3) is 0 Å². The van der Waals surface area contributed by atoms with E-state index < -0.39 is 23.9 Å². The summed E-state index contributed by atoms with van der Waals surface area (Å²) in [6.07, 6.45) is 11.4. The van der Waals surface area contributed by atoms with Gasteiger partial charge in [-0.25, -0.2) is 0 Å². The third-order valence-corrected chi connectivity index (χ3v) is 6.29. The molecule has 16 nitrogen and oxygen atoms in total. The van der Waals surface area contributed by atoms with Gasteiger partial charge in [-0.3, -0.25) is 9.98 Å². The summed E-state index contributed by atoms with van der Waals surface area (Å²) in [7, 11) is 0. The van der Waals surface area contributed by atoms with E-state index in [4.69, 9.17) is 50.1 Å². The Morgan fingerprint density at radius 2 is 0.797 bits per heavy atom. The Labute approximate surface area is 379 Å². The zero-order valence-corrected chi connectivity index (χ0v) is 37.4. The Kier molecular flexibility index (Phi) is 60.7. The van der Waals surface area contributed by atoms with Crippen molar-refractivity contribution >= 4 is 36.3 Å². The number of carbonyl (C=O) groups excluding carboxylic acids is 4. The predicted molar refractivity (Wildman–Crippen MR) is 203 cm³/mol. The molecular weight excluding hydrogens is 901 g/mol. The average Bonchev–Trinajstić information content (AvgIpc) is 3.11. The van der Waals surface area contributed by atoms with Gasteiger partial charge in [-0.05, 0) is 90.7 Å². The molecule has 0 aliphatic carbocycles. The number of para-hydroxylation sites is 2. The Morgan fingerprint density at radius 1 is 0.576 bits per heavy atom. The van der Waals surface area contributed by atoms with Crippen molar-refractivity contribution < 1.29 is 99.3 Å². The van der Waals surface area contributed by atoms with Crippen LogP contribution in [0.3, 0.4) is 0 Å². The van der Waals surface area contributed by atoms with Crippen molar-refractivity contribution in [2.45, 2.75) is 80.1 Å². The van der Waals surface area contributed by atoms with E-state index in [1.807, 2.05) is 24.3 Å². The fraction of sp³-hybridized carbons (Fsp3) is 0.500. The second-order valence-corrected chi connectivity index (χ2v) is 11.4. The number of aliphatic carboxylic acids is 4. The van der Waals surface area contributed by atoms with Gasteiger partial charge in [-0.2, -0.15) is 10.5 Å². The summed E-state index contributed by atoms with van der Waals surface area (Å²) in [5.74, 6) is -4.23. The molecule has 0 aromatic heterocycles. The number of likely N-dealkylation sites (tertiary alicyclic amines) is 2. The summed E-state index contributed by atoms with van der Waals surface area (Å²) in [4.78, 5) is 49.1. The Bertz CT molecular complexity index is 1330. The third kappa shape index (κ3) is 63.0. The van der Waals surface area contributed by atoms with E-state index in [0.29, 0.717) is 11.1 Å². The molecule has 0 atom stereocenters. The fourth-order valence-electron chi connectivity index (χ4n) is 4.26. The van der Waals surface area contributed by atoms with Crippen LogP contribution < -0.4 is 30.6 Å².